The highest BCUT2D eigenvalue weighted by Gasteiger charge is 2.24. The van der Waals surface area contributed by atoms with Gasteiger partial charge in [0.05, 0.1) is 5.69 Å². The molecule has 1 N–H and O–H groups in total. The summed E-state index contributed by atoms with van der Waals surface area (Å²) in [5.41, 5.74) is 1.17. The maximum Gasteiger partial charge on any atom is 0.197 e. The van der Waals surface area contributed by atoms with Crippen LogP contribution in [0, 0.1) is 5.92 Å². The average Bonchev–Trinajstić information content (AvgIpc) is 2.65. The molecule has 1 aromatic rings. The van der Waals surface area contributed by atoms with Crippen LogP contribution in [0.5, 0.6) is 0 Å². The summed E-state index contributed by atoms with van der Waals surface area (Å²) >= 11 is 0. The van der Waals surface area contributed by atoms with E-state index >= 15 is 0 Å². The van der Waals surface area contributed by atoms with E-state index in [4.69, 9.17) is 4.42 Å². The van der Waals surface area contributed by atoms with Crippen molar-refractivity contribution in [3.8, 4) is 0 Å². The Bertz CT molecular complexity index is 337. The van der Waals surface area contributed by atoms with Gasteiger partial charge in [-0.1, -0.05) is 6.42 Å². The second-order valence-corrected chi connectivity index (χ2v) is 5.20. The average molecular weight is 220 g/mol. The SMILES string of the molecule is c1oc(C2CCC2)nc1CC1CCNCC1. The third kappa shape index (κ3) is 2.14. The summed E-state index contributed by atoms with van der Waals surface area (Å²) in [6.07, 6.45) is 9.45. The summed E-state index contributed by atoms with van der Waals surface area (Å²) in [5, 5.41) is 3.40. The number of rotatable bonds is 3. The predicted octanol–water partition coefficient (Wildman–Crippen LogP) is 2.48. The molecule has 0 aromatic carbocycles. The van der Waals surface area contributed by atoms with Gasteiger partial charge in [0, 0.05) is 5.92 Å². The van der Waals surface area contributed by atoms with E-state index in [2.05, 4.69) is 10.3 Å². The molecule has 3 nitrogen and oxygen atoms in total. The molecule has 3 rings (SSSR count). The number of nitrogens with one attached hydrogen (secondary N) is 1. The van der Waals surface area contributed by atoms with Crippen LogP contribution in [0.15, 0.2) is 10.7 Å². The molecule has 0 bridgehead atoms. The molecule has 1 saturated heterocycles. The van der Waals surface area contributed by atoms with Crippen molar-refractivity contribution in [2.75, 3.05) is 13.1 Å². The van der Waals surface area contributed by atoms with Gasteiger partial charge in [0.15, 0.2) is 5.89 Å². The van der Waals surface area contributed by atoms with Gasteiger partial charge in [0.2, 0.25) is 0 Å². The first kappa shape index (κ1) is 10.3. The van der Waals surface area contributed by atoms with Gasteiger partial charge in [-0.05, 0) is 51.1 Å². The summed E-state index contributed by atoms with van der Waals surface area (Å²) in [5.74, 6) is 2.43. The van der Waals surface area contributed by atoms with E-state index in [9.17, 15) is 0 Å². The Kier molecular flexibility index (Phi) is 2.96. The van der Waals surface area contributed by atoms with Crippen LogP contribution in [0.25, 0.3) is 0 Å². The fourth-order valence-corrected chi connectivity index (χ4v) is 2.64. The lowest BCUT2D eigenvalue weighted by Crippen LogP contribution is -2.28. The zero-order valence-corrected chi connectivity index (χ0v) is 9.74. The van der Waals surface area contributed by atoms with Crippen molar-refractivity contribution in [1.29, 1.82) is 0 Å². The molecule has 2 fully saturated rings. The van der Waals surface area contributed by atoms with Gasteiger partial charge in [-0.25, -0.2) is 4.98 Å². The molecule has 1 saturated carbocycles. The highest BCUT2D eigenvalue weighted by molar-refractivity contribution is 5.04. The van der Waals surface area contributed by atoms with E-state index < -0.39 is 0 Å². The minimum Gasteiger partial charge on any atom is -0.448 e. The van der Waals surface area contributed by atoms with Crippen molar-refractivity contribution < 1.29 is 4.42 Å². The number of nitrogens with zero attached hydrogens (tertiary/aromatic N) is 1. The van der Waals surface area contributed by atoms with E-state index in [-0.39, 0.29) is 0 Å². The van der Waals surface area contributed by atoms with E-state index in [1.165, 1.54) is 37.8 Å². The number of oxazole rings is 1. The molecule has 2 heterocycles. The van der Waals surface area contributed by atoms with Crippen molar-refractivity contribution in [2.45, 2.75) is 44.4 Å². The van der Waals surface area contributed by atoms with Crippen LogP contribution >= 0.6 is 0 Å². The normalized spacial score (nSPS) is 23.2. The second kappa shape index (κ2) is 4.58. The Balaban J connectivity index is 1.58. The van der Waals surface area contributed by atoms with E-state index in [1.54, 1.807) is 0 Å². The van der Waals surface area contributed by atoms with Crippen molar-refractivity contribution in [1.82, 2.24) is 10.3 Å². The molecule has 3 heteroatoms. The number of hydrogen-bond acceptors (Lipinski definition) is 3. The van der Waals surface area contributed by atoms with Gasteiger partial charge in [0.25, 0.3) is 0 Å². The lowest BCUT2D eigenvalue weighted by molar-refractivity contribution is 0.335. The van der Waals surface area contributed by atoms with E-state index in [0.29, 0.717) is 5.92 Å². The monoisotopic (exact) mass is 220 g/mol. The Morgan fingerprint density at radius 3 is 2.75 bits per heavy atom. The van der Waals surface area contributed by atoms with Crippen molar-refractivity contribution in [3.63, 3.8) is 0 Å². The molecule has 1 aromatic heterocycles. The van der Waals surface area contributed by atoms with Crippen molar-refractivity contribution in [3.05, 3.63) is 17.8 Å². The van der Waals surface area contributed by atoms with E-state index in [0.717, 1.165) is 31.3 Å². The smallest absolute Gasteiger partial charge is 0.197 e. The minimum atomic E-state index is 0.627. The van der Waals surface area contributed by atoms with Crippen LogP contribution in [-0.4, -0.2) is 18.1 Å². The Labute approximate surface area is 96.6 Å². The maximum absolute atomic E-state index is 5.58. The summed E-state index contributed by atoms with van der Waals surface area (Å²) in [4.78, 5) is 4.64. The summed E-state index contributed by atoms with van der Waals surface area (Å²) in [7, 11) is 0. The quantitative estimate of drug-likeness (QED) is 0.850. The van der Waals surface area contributed by atoms with Gasteiger partial charge in [-0.2, -0.15) is 0 Å². The molecule has 1 aliphatic carbocycles. The summed E-state index contributed by atoms with van der Waals surface area (Å²) in [6, 6.07) is 0. The molecular formula is C13H20N2O. The molecule has 2 aliphatic rings. The molecule has 88 valence electrons. The number of piperidine rings is 1. The van der Waals surface area contributed by atoms with Crippen LogP contribution in [0.2, 0.25) is 0 Å². The molecule has 0 amide bonds. The number of hydrogen-bond donors (Lipinski definition) is 1. The molecule has 16 heavy (non-hydrogen) atoms. The van der Waals surface area contributed by atoms with Crippen LogP contribution in [-0.2, 0) is 6.42 Å². The highest BCUT2D eigenvalue weighted by atomic mass is 16.3. The highest BCUT2D eigenvalue weighted by Crippen LogP contribution is 2.35. The van der Waals surface area contributed by atoms with Crippen LogP contribution < -0.4 is 5.32 Å². The lowest BCUT2D eigenvalue weighted by Gasteiger charge is -2.22. The van der Waals surface area contributed by atoms with Crippen LogP contribution in [0.4, 0.5) is 0 Å². The Morgan fingerprint density at radius 1 is 1.25 bits per heavy atom. The molecule has 0 atom stereocenters. The molecule has 0 spiro atoms. The molecule has 0 unspecified atom stereocenters. The zero-order chi connectivity index (χ0) is 10.8. The zero-order valence-electron chi connectivity index (χ0n) is 9.74. The lowest BCUT2D eigenvalue weighted by atomic mass is 9.85. The second-order valence-electron chi connectivity index (χ2n) is 5.20. The maximum atomic E-state index is 5.58. The Morgan fingerprint density at radius 2 is 2.06 bits per heavy atom. The fraction of sp³-hybridized carbons (Fsp3) is 0.769. The van der Waals surface area contributed by atoms with Crippen molar-refractivity contribution >= 4 is 0 Å². The van der Waals surface area contributed by atoms with Crippen LogP contribution in [0.3, 0.4) is 0 Å². The first-order chi connectivity index (χ1) is 7.92. The topological polar surface area (TPSA) is 38.1 Å². The van der Waals surface area contributed by atoms with Gasteiger partial charge in [-0.3, -0.25) is 0 Å². The minimum absolute atomic E-state index is 0.627. The third-order valence-electron chi connectivity index (χ3n) is 3.98. The van der Waals surface area contributed by atoms with E-state index in [1.807, 2.05) is 6.26 Å². The Hall–Kier alpha value is -0.830. The summed E-state index contributed by atoms with van der Waals surface area (Å²) in [6.45, 7) is 2.33. The summed E-state index contributed by atoms with van der Waals surface area (Å²) < 4.78 is 5.58. The van der Waals surface area contributed by atoms with Gasteiger partial charge < -0.3 is 9.73 Å². The first-order valence-corrected chi connectivity index (χ1v) is 6.57. The van der Waals surface area contributed by atoms with Gasteiger partial charge in [0.1, 0.15) is 6.26 Å². The van der Waals surface area contributed by atoms with Crippen molar-refractivity contribution in [2.24, 2.45) is 5.92 Å². The largest absolute Gasteiger partial charge is 0.448 e. The fourth-order valence-electron chi connectivity index (χ4n) is 2.64. The molecule has 0 radical (unpaired) electrons. The number of aromatic nitrogens is 1. The van der Waals surface area contributed by atoms with Crippen LogP contribution in [0.1, 0.15) is 49.6 Å². The standard InChI is InChI=1S/C13H20N2O/c1-2-11(3-1)13-15-12(9-16-13)8-10-4-6-14-7-5-10/h9-11,14H,1-8H2. The molecule has 1 aliphatic heterocycles. The van der Waals surface area contributed by atoms with Gasteiger partial charge >= 0.3 is 0 Å². The first-order valence-electron chi connectivity index (χ1n) is 6.57. The molecular weight excluding hydrogens is 200 g/mol. The predicted molar refractivity (Wildman–Crippen MR) is 62.4 cm³/mol. The van der Waals surface area contributed by atoms with Gasteiger partial charge in [-0.15, -0.1) is 0 Å². The third-order valence-corrected chi connectivity index (χ3v) is 3.98.